The summed E-state index contributed by atoms with van der Waals surface area (Å²) < 4.78 is 34.5. The van der Waals surface area contributed by atoms with Crippen LogP contribution >= 0.6 is 24.0 Å². The average molecular weight is 481 g/mol. The molecule has 10 heteroatoms. The highest BCUT2D eigenvalue weighted by Gasteiger charge is 2.10. The number of ether oxygens (including phenoxy) is 1. The Morgan fingerprint density at radius 3 is 2.69 bits per heavy atom. The molecule has 0 radical (unpaired) electrons. The Morgan fingerprint density at radius 1 is 1.31 bits per heavy atom. The Balaban J connectivity index is 0.00000338. The minimum absolute atomic E-state index is 0. The van der Waals surface area contributed by atoms with Gasteiger partial charge in [-0.15, -0.1) is 24.0 Å². The van der Waals surface area contributed by atoms with E-state index in [-0.39, 0.29) is 36.3 Å². The smallest absolute Gasteiger partial charge is 0.387 e. The first-order chi connectivity index (χ1) is 12.0. The molecular weight excluding hydrogens is 459 g/mol. The fraction of sp³-hybridized carbons (Fsp3) is 0.438. The van der Waals surface area contributed by atoms with Crippen molar-refractivity contribution in [3.05, 3.63) is 41.0 Å². The van der Waals surface area contributed by atoms with Crippen LogP contribution in [-0.4, -0.2) is 29.3 Å². The molecule has 7 nitrogen and oxygen atoms in total. The summed E-state index contributed by atoms with van der Waals surface area (Å²) in [4.78, 5) is 8.49. The highest BCUT2D eigenvalue weighted by atomic mass is 127. The normalized spacial score (nSPS) is 11.2. The second-order valence-electron chi connectivity index (χ2n) is 5.27. The van der Waals surface area contributed by atoms with Crippen molar-refractivity contribution >= 4 is 29.9 Å². The van der Waals surface area contributed by atoms with Crippen molar-refractivity contribution in [2.75, 3.05) is 6.54 Å². The zero-order valence-corrected chi connectivity index (χ0v) is 17.1. The van der Waals surface area contributed by atoms with Crippen LogP contribution in [-0.2, 0) is 13.1 Å². The van der Waals surface area contributed by atoms with Crippen LogP contribution in [0, 0.1) is 13.8 Å². The maximum absolute atomic E-state index is 12.5. The summed E-state index contributed by atoms with van der Waals surface area (Å²) in [7, 11) is 0. The molecule has 0 saturated carbocycles. The number of nitrogens with zero attached hydrogens (tertiary/aromatic N) is 3. The monoisotopic (exact) mass is 481 g/mol. The Morgan fingerprint density at radius 2 is 2.08 bits per heavy atom. The van der Waals surface area contributed by atoms with Crippen molar-refractivity contribution in [3.63, 3.8) is 0 Å². The lowest BCUT2D eigenvalue weighted by Gasteiger charge is -2.12. The summed E-state index contributed by atoms with van der Waals surface area (Å²) in [5, 5.41) is 9.92. The van der Waals surface area contributed by atoms with Crippen molar-refractivity contribution in [2.24, 2.45) is 4.99 Å². The van der Waals surface area contributed by atoms with Gasteiger partial charge < -0.3 is 19.9 Å². The third kappa shape index (κ3) is 7.10. The molecular formula is C16H22F2IN5O2. The van der Waals surface area contributed by atoms with Gasteiger partial charge in [-0.1, -0.05) is 22.9 Å². The lowest BCUT2D eigenvalue weighted by atomic mass is 10.1. The number of aryl methyl sites for hydroxylation is 2. The fourth-order valence-electron chi connectivity index (χ4n) is 2.12. The number of hydrogen-bond acceptors (Lipinski definition) is 5. The number of alkyl halides is 2. The van der Waals surface area contributed by atoms with Crippen LogP contribution in [0.15, 0.2) is 27.7 Å². The predicted octanol–water partition coefficient (Wildman–Crippen LogP) is 3.16. The first kappa shape index (κ1) is 22.1. The maximum Gasteiger partial charge on any atom is 0.387 e. The van der Waals surface area contributed by atoms with E-state index >= 15 is 0 Å². The number of guanidine groups is 1. The number of aromatic nitrogens is 2. The van der Waals surface area contributed by atoms with E-state index in [9.17, 15) is 8.78 Å². The highest BCUT2D eigenvalue weighted by Crippen LogP contribution is 2.22. The maximum atomic E-state index is 12.5. The van der Waals surface area contributed by atoms with Crippen LogP contribution < -0.4 is 15.4 Å². The van der Waals surface area contributed by atoms with Gasteiger partial charge in [-0.25, -0.2) is 4.99 Å². The second-order valence-corrected chi connectivity index (χ2v) is 5.27. The van der Waals surface area contributed by atoms with Gasteiger partial charge in [0.05, 0.1) is 13.1 Å². The third-order valence-corrected chi connectivity index (χ3v) is 3.17. The topological polar surface area (TPSA) is 84.6 Å². The summed E-state index contributed by atoms with van der Waals surface area (Å²) in [6.45, 7) is 3.79. The molecule has 2 aromatic rings. The molecule has 0 aliphatic rings. The van der Waals surface area contributed by atoms with Crippen LogP contribution in [0.2, 0.25) is 0 Å². The van der Waals surface area contributed by atoms with Crippen molar-refractivity contribution in [3.8, 4) is 5.75 Å². The van der Waals surface area contributed by atoms with E-state index in [1.54, 1.807) is 19.1 Å². The van der Waals surface area contributed by atoms with E-state index in [0.717, 1.165) is 5.56 Å². The fourth-order valence-corrected chi connectivity index (χ4v) is 2.12. The largest absolute Gasteiger partial charge is 0.434 e. The van der Waals surface area contributed by atoms with Gasteiger partial charge in [0.15, 0.2) is 11.8 Å². The molecule has 0 aliphatic heterocycles. The summed E-state index contributed by atoms with van der Waals surface area (Å²) in [5.41, 5.74) is 1.51. The van der Waals surface area contributed by atoms with E-state index in [1.165, 1.54) is 6.07 Å². The standard InChI is InChI=1S/C16H21F2N5O2.HI/c1-4-19-16(21-9-14-22-11(3)25-23-14)20-8-12-7-10(2)5-6-13(12)24-15(17)18;/h5-7,15H,4,8-9H2,1-3H3,(H2,19,20,21);1H. The SMILES string of the molecule is CCNC(=NCc1cc(C)ccc1OC(F)F)NCc1noc(C)n1.I. The lowest BCUT2D eigenvalue weighted by molar-refractivity contribution is -0.0504. The van der Waals surface area contributed by atoms with E-state index in [0.29, 0.717) is 36.3 Å². The van der Waals surface area contributed by atoms with Crippen molar-refractivity contribution in [1.29, 1.82) is 0 Å². The highest BCUT2D eigenvalue weighted by molar-refractivity contribution is 14.0. The van der Waals surface area contributed by atoms with Crippen LogP contribution in [0.3, 0.4) is 0 Å². The van der Waals surface area contributed by atoms with Crippen LogP contribution in [0.25, 0.3) is 0 Å². The van der Waals surface area contributed by atoms with Gasteiger partial charge in [0.1, 0.15) is 5.75 Å². The molecule has 0 unspecified atom stereocenters. The first-order valence-corrected chi connectivity index (χ1v) is 7.83. The second kappa shape index (κ2) is 10.9. The van der Waals surface area contributed by atoms with Gasteiger partial charge in [-0.05, 0) is 19.9 Å². The number of aliphatic imine (C=N–C) groups is 1. The van der Waals surface area contributed by atoms with Crippen molar-refractivity contribution in [2.45, 2.75) is 40.5 Å². The average Bonchev–Trinajstić information content (AvgIpc) is 2.97. The zero-order chi connectivity index (χ0) is 18.2. The zero-order valence-electron chi connectivity index (χ0n) is 14.8. The summed E-state index contributed by atoms with van der Waals surface area (Å²) >= 11 is 0. The number of nitrogens with one attached hydrogen (secondary N) is 2. The molecule has 0 fully saturated rings. The molecule has 2 rings (SSSR count). The summed E-state index contributed by atoms with van der Waals surface area (Å²) in [6.07, 6.45) is 0. The molecule has 1 heterocycles. The van der Waals surface area contributed by atoms with E-state index < -0.39 is 6.61 Å². The Labute approximate surface area is 167 Å². The Hall–Kier alpha value is -1.98. The summed E-state index contributed by atoms with van der Waals surface area (Å²) in [6, 6.07) is 5.01. The van der Waals surface area contributed by atoms with Gasteiger partial charge >= 0.3 is 6.61 Å². The van der Waals surface area contributed by atoms with Crippen LogP contribution in [0.1, 0.15) is 29.8 Å². The molecule has 0 aliphatic carbocycles. The number of benzene rings is 1. The van der Waals surface area contributed by atoms with E-state index in [2.05, 4.69) is 30.5 Å². The molecule has 0 spiro atoms. The molecule has 1 aromatic carbocycles. The van der Waals surface area contributed by atoms with Crippen LogP contribution in [0.4, 0.5) is 8.78 Å². The van der Waals surface area contributed by atoms with Gasteiger partial charge in [0.25, 0.3) is 0 Å². The Bertz CT molecular complexity index is 724. The van der Waals surface area contributed by atoms with Crippen molar-refractivity contribution in [1.82, 2.24) is 20.8 Å². The molecule has 0 amide bonds. The van der Waals surface area contributed by atoms with E-state index in [4.69, 9.17) is 4.52 Å². The third-order valence-electron chi connectivity index (χ3n) is 3.17. The molecule has 2 N–H and O–H groups in total. The van der Waals surface area contributed by atoms with Crippen LogP contribution in [0.5, 0.6) is 5.75 Å². The molecule has 26 heavy (non-hydrogen) atoms. The molecule has 0 saturated heterocycles. The molecule has 0 atom stereocenters. The lowest BCUT2D eigenvalue weighted by Crippen LogP contribution is -2.37. The van der Waals surface area contributed by atoms with Gasteiger partial charge in [0, 0.05) is 19.0 Å². The van der Waals surface area contributed by atoms with Crippen molar-refractivity contribution < 1.29 is 18.0 Å². The minimum Gasteiger partial charge on any atom is -0.434 e. The summed E-state index contributed by atoms with van der Waals surface area (Å²) in [5.74, 6) is 1.61. The quantitative estimate of drug-likeness (QED) is 0.359. The molecule has 144 valence electrons. The number of halogens is 3. The molecule has 0 bridgehead atoms. The number of hydrogen-bond donors (Lipinski definition) is 2. The molecule has 1 aromatic heterocycles. The predicted molar refractivity (Wildman–Crippen MR) is 104 cm³/mol. The van der Waals surface area contributed by atoms with Gasteiger partial charge in [-0.3, -0.25) is 0 Å². The number of rotatable bonds is 7. The van der Waals surface area contributed by atoms with Gasteiger partial charge in [-0.2, -0.15) is 13.8 Å². The van der Waals surface area contributed by atoms with Gasteiger partial charge in [0.2, 0.25) is 5.89 Å². The minimum atomic E-state index is -2.88. The van der Waals surface area contributed by atoms with E-state index in [1.807, 2.05) is 13.8 Å². The first-order valence-electron chi connectivity index (χ1n) is 7.83. The Kier molecular flexibility index (Phi) is 9.24.